The highest BCUT2D eigenvalue weighted by atomic mass is 14.8. The van der Waals surface area contributed by atoms with Gasteiger partial charge in [0.1, 0.15) is 0 Å². The normalized spacial score (nSPS) is 14.0. The number of nitrogens with zero attached hydrogens (tertiary/aromatic N) is 3. The smallest absolute Gasteiger partial charge is 0.0972 e. The van der Waals surface area contributed by atoms with Crippen LogP contribution >= 0.6 is 0 Å². The lowest BCUT2D eigenvalue weighted by atomic mass is 9.70. The van der Waals surface area contributed by atoms with Gasteiger partial charge in [0.15, 0.2) is 0 Å². The first-order valence-electron chi connectivity index (χ1n) is 14.0. The lowest BCUT2D eigenvalue weighted by molar-refractivity contribution is 0.794. The van der Waals surface area contributed by atoms with E-state index in [4.69, 9.17) is 15.0 Å². The van der Waals surface area contributed by atoms with E-state index >= 15 is 0 Å². The van der Waals surface area contributed by atoms with Crippen LogP contribution < -0.4 is 0 Å². The molecule has 3 heteroatoms. The summed E-state index contributed by atoms with van der Waals surface area (Å²) in [5, 5.41) is 5.71. The van der Waals surface area contributed by atoms with Crippen LogP contribution in [0.3, 0.4) is 0 Å². The average Bonchev–Trinajstić information content (AvgIpc) is 3.50. The first kappa shape index (κ1) is 21.4. The van der Waals surface area contributed by atoms with Gasteiger partial charge in [-0.25, -0.2) is 4.98 Å². The summed E-state index contributed by atoms with van der Waals surface area (Å²) in [5.41, 5.74) is 12.2. The van der Waals surface area contributed by atoms with Crippen molar-refractivity contribution in [1.82, 2.24) is 15.0 Å². The molecule has 5 aromatic carbocycles. The van der Waals surface area contributed by atoms with Crippen molar-refractivity contribution >= 4 is 43.5 Å². The molecule has 2 aliphatic carbocycles. The van der Waals surface area contributed by atoms with Gasteiger partial charge in [-0.1, -0.05) is 103 Å². The highest BCUT2D eigenvalue weighted by Gasteiger charge is 2.53. The highest BCUT2D eigenvalue weighted by Crippen LogP contribution is 2.63. The maximum absolute atomic E-state index is 5.52. The molecular formula is C38H21N3. The molecule has 0 fully saturated rings. The van der Waals surface area contributed by atoms with Crippen molar-refractivity contribution in [2.75, 3.05) is 0 Å². The summed E-state index contributed by atoms with van der Waals surface area (Å²) < 4.78 is 0. The number of hydrogen-bond donors (Lipinski definition) is 0. The van der Waals surface area contributed by atoms with Gasteiger partial charge < -0.3 is 0 Å². The molecule has 0 radical (unpaired) electrons. The fourth-order valence-electron chi connectivity index (χ4n) is 7.70. The molecule has 0 aliphatic heterocycles. The zero-order chi connectivity index (χ0) is 26.7. The van der Waals surface area contributed by atoms with E-state index in [2.05, 4.69) is 109 Å². The fourth-order valence-corrected chi connectivity index (χ4v) is 7.70. The third kappa shape index (κ3) is 2.48. The third-order valence-electron chi connectivity index (χ3n) is 9.32. The molecule has 0 saturated carbocycles. The molecule has 0 amide bonds. The van der Waals surface area contributed by atoms with E-state index < -0.39 is 5.41 Å². The van der Waals surface area contributed by atoms with E-state index in [9.17, 15) is 0 Å². The Morgan fingerprint density at radius 1 is 0.463 bits per heavy atom. The minimum atomic E-state index is -0.473. The molecule has 1 spiro atoms. The van der Waals surface area contributed by atoms with Crippen molar-refractivity contribution in [1.29, 1.82) is 0 Å². The zero-order valence-electron chi connectivity index (χ0n) is 22.0. The van der Waals surface area contributed by atoms with E-state index in [1.54, 1.807) is 0 Å². The van der Waals surface area contributed by atoms with E-state index in [0.717, 1.165) is 49.4 Å². The summed E-state index contributed by atoms with van der Waals surface area (Å²) in [6.45, 7) is 0. The molecule has 0 atom stereocenters. The largest absolute Gasteiger partial charge is 0.255 e. The summed E-state index contributed by atoms with van der Waals surface area (Å²) in [6, 6.07) is 41.7. The molecule has 2 aliphatic rings. The van der Waals surface area contributed by atoms with Crippen LogP contribution in [0.15, 0.2) is 128 Å². The number of pyridine rings is 3. The molecule has 0 N–H and O–H groups in total. The zero-order valence-corrected chi connectivity index (χ0v) is 22.0. The maximum atomic E-state index is 5.52. The Balaban J connectivity index is 1.46. The molecular weight excluding hydrogens is 498 g/mol. The Bertz CT molecular complexity index is 2390. The van der Waals surface area contributed by atoms with Crippen molar-refractivity contribution in [2.24, 2.45) is 0 Å². The van der Waals surface area contributed by atoms with E-state index in [1.165, 1.54) is 38.8 Å². The standard InChI is InChI=1S/C38H21N3/c1-2-10-25-24(8-1)21-40-36-28(25)17-18-31-33(36)37-32(20-23-16-15-22-9-7-19-39-34(22)35(23)41-37)38(31)29-13-5-3-11-26(29)27-12-4-6-14-30(27)38/h1-21H. The van der Waals surface area contributed by atoms with Crippen molar-refractivity contribution in [3.8, 4) is 22.4 Å². The average molecular weight is 520 g/mol. The quantitative estimate of drug-likeness (QED) is 0.188. The van der Waals surface area contributed by atoms with Gasteiger partial charge in [-0.3, -0.25) is 9.97 Å². The number of aromatic nitrogens is 3. The Kier molecular flexibility index (Phi) is 3.87. The van der Waals surface area contributed by atoms with Gasteiger partial charge in [-0.15, -0.1) is 0 Å². The first-order chi connectivity index (χ1) is 20.3. The first-order valence-corrected chi connectivity index (χ1v) is 14.0. The third-order valence-corrected chi connectivity index (χ3v) is 9.32. The molecule has 0 saturated heterocycles. The van der Waals surface area contributed by atoms with Crippen LogP contribution in [0.1, 0.15) is 22.3 Å². The monoisotopic (exact) mass is 519 g/mol. The molecule has 0 bridgehead atoms. The lowest BCUT2D eigenvalue weighted by Gasteiger charge is -2.30. The summed E-state index contributed by atoms with van der Waals surface area (Å²) in [6.07, 6.45) is 3.87. The molecule has 188 valence electrons. The predicted molar refractivity (Wildman–Crippen MR) is 166 cm³/mol. The number of fused-ring (bicyclic) bond motifs is 17. The van der Waals surface area contributed by atoms with Crippen LogP contribution in [-0.4, -0.2) is 15.0 Å². The summed E-state index contributed by atoms with van der Waals surface area (Å²) >= 11 is 0. The number of benzene rings is 5. The number of rotatable bonds is 0. The topological polar surface area (TPSA) is 38.7 Å². The minimum absolute atomic E-state index is 0.473. The van der Waals surface area contributed by atoms with Gasteiger partial charge in [0.2, 0.25) is 0 Å². The van der Waals surface area contributed by atoms with Crippen LogP contribution in [0.4, 0.5) is 0 Å². The molecule has 41 heavy (non-hydrogen) atoms. The van der Waals surface area contributed by atoms with Crippen LogP contribution in [0.5, 0.6) is 0 Å². The van der Waals surface area contributed by atoms with E-state index in [0.29, 0.717) is 0 Å². The molecule has 10 rings (SSSR count). The SMILES string of the molecule is c1ccc2c(c1)-c1ccccc1C21c2cc3ccc4cccnc4c3nc2-c2c1ccc1c2ncc2ccccc21. The lowest BCUT2D eigenvalue weighted by Crippen LogP contribution is -2.26. The second-order valence-electron chi connectivity index (χ2n) is 11.2. The number of hydrogen-bond acceptors (Lipinski definition) is 3. The summed E-state index contributed by atoms with van der Waals surface area (Å²) in [7, 11) is 0. The minimum Gasteiger partial charge on any atom is -0.255 e. The summed E-state index contributed by atoms with van der Waals surface area (Å²) in [5.74, 6) is 0. The van der Waals surface area contributed by atoms with Crippen molar-refractivity contribution in [3.63, 3.8) is 0 Å². The van der Waals surface area contributed by atoms with Gasteiger partial charge >= 0.3 is 0 Å². The van der Waals surface area contributed by atoms with Gasteiger partial charge in [0.25, 0.3) is 0 Å². The van der Waals surface area contributed by atoms with E-state index in [-0.39, 0.29) is 0 Å². The Morgan fingerprint density at radius 3 is 2.05 bits per heavy atom. The van der Waals surface area contributed by atoms with Crippen molar-refractivity contribution in [2.45, 2.75) is 5.41 Å². The fraction of sp³-hybridized carbons (Fsp3) is 0.0263. The Morgan fingerprint density at radius 2 is 1.20 bits per heavy atom. The summed E-state index contributed by atoms with van der Waals surface area (Å²) in [4.78, 5) is 15.4. The van der Waals surface area contributed by atoms with Gasteiger partial charge in [0, 0.05) is 39.5 Å². The van der Waals surface area contributed by atoms with Crippen molar-refractivity contribution < 1.29 is 0 Å². The predicted octanol–water partition coefficient (Wildman–Crippen LogP) is 8.83. The van der Waals surface area contributed by atoms with Gasteiger partial charge in [0.05, 0.1) is 27.7 Å². The Labute approximate surface area is 235 Å². The molecule has 3 aromatic heterocycles. The second-order valence-corrected chi connectivity index (χ2v) is 11.2. The van der Waals surface area contributed by atoms with Crippen LogP contribution in [0.2, 0.25) is 0 Å². The highest BCUT2D eigenvalue weighted by molar-refractivity contribution is 6.14. The van der Waals surface area contributed by atoms with Crippen LogP contribution in [-0.2, 0) is 5.41 Å². The maximum Gasteiger partial charge on any atom is 0.0972 e. The van der Waals surface area contributed by atoms with Crippen LogP contribution in [0, 0.1) is 0 Å². The van der Waals surface area contributed by atoms with Crippen LogP contribution in [0.25, 0.3) is 65.9 Å². The van der Waals surface area contributed by atoms with E-state index in [1.807, 2.05) is 18.5 Å². The molecule has 8 aromatic rings. The Hall–Kier alpha value is -5.41. The second kappa shape index (κ2) is 7.41. The van der Waals surface area contributed by atoms with Crippen molar-refractivity contribution in [3.05, 3.63) is 150 Å². The van der Waals surface area contributed by atoms with Gasteiger partial charge in [-0.05, 0) is 50.9 Å². The molecule has 3 heterocycles. The van der Waals surface area contributed by atoms with Gasteiger partial charge in [-0.2, -0.15) is 0 Å². The molecule has 0 unspecified atom stereocenters. The molecule has 3 nitrogen and oxygen atoms in total.